The quantitative estimate of drug-likeness (QED) is 0.674. The molecule has 20 heavy (non-hydrogen) atoms. The van der Waals surface area contributed by atoms with Gasteiger partial charge in [0.2, 0.25) is 5.16 Å². The minimum atomic E-state index is -1.27. The highest BCUT2D eigenvalue weighted by Gasteiger charge is 2.08. The molecular weight excluding hydrogens is 298 g/mol. The summed E-state index contributed by atoms with van der Waals surface area (Å²) in [5, 5.41) is 18.8. The summed E-state index contributed by atoms with van der Waals surface area (Å²) in [4.78, 5) is 15.3. The van der Waals surface area contributed by atoms with Crippen LogP contribution >= 0.6 is 23.4 Å². The van der Waals surface area contributed by atoms with E-state index in [9.17, 15) is 9.90 Å². The first-order valence-corrected chi connectivity index (χ1v) is 7.05. The fraction of sp³-hybridized carbons (Fsp3) is 0.154. The zero-order chi connectivity index (χ0) is 14.5. The Balaban J connectivity index is 2.22. The van der Waals surface area contributed by atoms with Gasteiger partial charge in [0, 0.05) is 16.3 Å². The van der Waals surface area contributed by atoms with Crippen LogP contribution in [0.3, 0.4) is 0 Å². The lowest BCUT2D eigenvalue weighted by Crippen LogP contribution is -2.23. The van der Waals surface area contributed by atoms with Crippen molar-refractivity contribution in [1.29, 1.82) is 0 Å². The number of carbonyl (C=O) groups excluding carboxylic acids is 1. The van der Waals surface area contributed by atoms with Gasteiger partial charge in [-0.1, -0.05) is 30.7 Å². The number of benzene rings is 1. The average molecular weight is 309 g/mol. The van der Waals surface area contributed by atoms with Crippen LogP contribution in [0.15, 0.2) is 34.3 Å². The molecule has 104 valence electrons. The number of hydrogen-bond donors (Lipinski definition) is 1. The average Bonchev–Trinajstić information content (AvgIpc) is 2.88. The molecule has 0 bridgehead atoms. The number of hydrogen-bond acceptors (Lipinski definition) is 5. The zero-order valence-electron chi connectivity index (χ0n) is 10.6. The van der Waals surface area contributed by atoms with Crippen LogP contribution in [0.4, 0.5) is 0 Å². The Kier molecular flexibility index (Phi) is 4.81. The van der Waals surface area contributed by atoms with Gasteiger partial charge < -0.3 is 9.90 Å². The predicted octanol–water partition coefficient (Wildman–Crippen LogP) is 1.90. The van der Waals surface area contributed by atoms with E-state index in [2.05, 4.69) is 15.2 Å². The van der Waals surface area contributed by atoms with E-state index < -0.39 is 5.97 Å². The second-order valence-electron chi connectivity index (χ2n) is 3.87. The Labute approximate surface area is 125 Å². The molecule has 0 saturated heterocycles. The smallest absolute Gasteiger partial charge is 0.213 e. The molecule has 0 aliphatic heterocycles. The predicted molar refractivity (Wildman–Crippen MR) is 76.1 cm³/mol. The highest BCUT2D eigenvalue weighted by Crippen LogP contribution is 2.25. The summed E-state index contributed by atoms with van der Waals surface area (Å²) >= 11 is 6.73. The lowest BCUT2D eigenvalue weighted by Gasteiger charge is -2.05. The molecule has 5 nitrogen and oxygen atoms in total. The van der Waals surface area contributed by atoms with E-state index in [0.29, 0.717) is 28.0 Å². The Hall–Kier alpha value is -1.79. The van der Waals surface area contributed by atoms with E-state index in [-0.39, 0.29) is 4.91 Å². The van der Waals surface area contributed by atoms with Crippen LogP contribution in [0.2, 0.25) is 5.02 Å². The summed E-state index contributed by atoms with van der Waals surface area (Å²) in [5.74, 6) is -0.565. The number of thioether (sulfide) groups is 1. The van der Waals surface area contributed by atoms with Crippen molar-refractivity contribution in [3.63, 3.8) is 0 Å². The van der Waals surface area contributed by atoms with E-state index in [1.165, 1.54) is 6.08 Å². The summed E-state index contributed by atoms with van der Waals surface area (Å²) in [5.41, 5.74) is 0.715. The molecule has 1 aromatic carbocycles. The molecule has 0 radical (unpaired) electrons. The fourth-order valence-electron chi connectivity index (χ4n) is 1.42. The van der Waals surface area contributed by atoms with Gasteiger partial charge in [0.1, 0.15) is 5.82 Å². The fourth-order valence-corrected chi connectivity index (χ4v) is 2.27. The van der Waals surface area contributed by atoms with Crippen molar-refractivity contribution in [2.75, 3.05) is 0 Å². The van der Waals surface area contributed by atoms with Gasteiger partial charge in [0.25, 0.3) is 0 Å². The Morgan fingerprint density at radius 1 is 1.45 bits per heavy atom. The third kappa shape index (κ3) is 3.85. The molecule has 2 rings (SSSR count). The van der Waals surface area contributed by atoms with Crippen LogP contribution < -0.4 is 5.11 Å². The highest BCUT2D eigenvalue weighted by molar-refractivity contribution is 8.04. The number of aliphatic carboxylic acids is 1. The largest absolute Gasteiger partial charge is 0.544 e. The van der Waals surface area contributed by atoms with Crippen LogP contribution in [0.25, 0.3) is 6.08 Å². The number of nitrogens with one attached hydrogen (secondary N) is 1. The summed E-state index contributed by atoms with van der Waals surface area (Å²) < 4.78 is 0. The third-order valence-corrected chi connectivity index (χ3v) is 3.54. The number of carboxylic acids is 1. The van der Waals surface area contributed by atoms with Crippen molar-refractivity contribution < 1.29 is 9.90 Å². The number of carbonyl (C=O) groups is 1. The maximum absolute atomic E-state index is 11.2. The summed E-state index contributed by atoms with van der Waals surface area (Å²) in [7, 11) is 0. The van der Waals surface area contributed by atoms with Crippen molar-refractivity contribution in [2.24, 2.45) is 0 Å². The molecule has 0 aliphatic rings. The van der Waals surface area contributed by atoms with Crippen molar-refractivity contribution in [3.05, 3.63) is 45.6 Å². The molecule has 1 heterocycles. The first-order chi connectivity index (χ1) is 9.58. The number of nitrogens with zero attached hydrogens (tertiary/aromatic N) is 2. The lowest BCUT2D eigenvalue weighted by molar-refractivity contribution is -0.297. The second kappa shape index (κ2) is 6.58. The summed E-state index contributed by atoms with van der Waals surface area (Å²) in [6.45, 7) is 1.93. The standard InChI is InChI=1S/C13H12ClN3O2S/c1-2-11-15-13(17-16-11)20-10(12(18)19)7-8-3-5-9(14)6-4-8/h3-7H,2H2,1H3,(H,18,19)(H,15,16,17)/p-1/b10-7-. The monoisotopic (exact) mass is 308 g/mol. The van der Waals surface area contributed by atoms with Crippen LogP contribution in [0, 0.1) is 0 Å². The normalized spacial score (nSPS) is 11.6. The van der Waals surface area contributed by atoms with Crippen molar-refractivity contribution in [3.8, 4) is 0 Å². The summed E-state index contributed by atoms with van der Waals surface area (Å²) in [6.07, 6.45) is 2.20. The minimum absolute atomic E-state index is 0.0361. The number of aromatic nitrogens is 3. The number of H-pyrrole nitrogens is 1. The van der Waals surface area contributed by atoms with Gasteiger partial charge in [-0.25, -0.2) is 4.98 Å². The molecule has 0 atom stereocenters. The number of aromatic amines is 1. The van der Waals surface area contributed by atoms with Crippen LogP contribution in [-0.4, -0.2) is 21.2 Å². The number of rotatable bonds is 5. The van der Waals surface area contributed by atoms with Crippen molar-refractivity contribution in [1.82, 2.24) is 15.2 Å². The maximum atomic E-state index is 11.2. The molecule has 0 aliphatic carbocycles. The van der Waals surface area contributed by atoms with E-state index in [1.807, 2.05) is 6.92 Å². The van der Waals surface area contributed by atoms with Crippen LogP contribution in [-0.2, 0) is 11.2 Å². The molecule has 0 unspecified atom stereocenters. The van der Waals surface area contributed by atoms with Gasteiger partial charge in [-0.15, -0.1) is 5.10 Å². The molecule has 0 fully saturated rings. The number of aryl methyl sites for hydroxylation is 1. The van der Waals surface area contributed by atoms with Crippen molar-refractivity contribution in [2.45, 2.75) is 18.5 Å². The van der Waals surface area contributed by atoms with E-state index >= 15 is 0 Å². The number of carboxylic acid groups (broad SMARTS) is 1. The number of halogens is 1. The molecule has 7 heteroatoms. The van der Waals surface area contributed by atoms with Gasteiger partial charge in [0.05, 0.1) is 5.97 Å². The first kappa shape index (κ1) is 14.6. The van der Waals surface area contributed by atoms with Gasteiger partial charge >= 0.3 is 0 Å². The van der Waals surface area contributed by atoms with E-state index in [0.717, 1.165) is 11.8 Å². The topological polar surface area (TPSA) is 81.7 Å². The zero-order valence-corrected chi connectivity index (χ0v) is 12.2. The molecule has 0 amide bonds. The maximum Gasteiger partial charge on any atom is 0.213 e. The molecule has 2 aromatic rings. The SMILES string of the molecule is CCc1nc(S/C(=C\c2ccc(Cl)cc2)C(=O)[O-])n[nH]1. The van der Waals surface area contributed by atoms with Crippen LogP contribution in [0.1, 0.15) is 18.3 Å². The molecule has 1 aromatic heterocycles. The molecule has 1 N–H and O–H groups in total. The first-order valence-electron chi connectivity index (χ1n) is 5.86. The van der Waals surface area contributed by atoms with E-state index in [4.69, 9.17) is 11.6 Å². The highest BCUT2D eigenvalue weighted by atomic mass is 35.5. The molecule has 0 saturated carbocycles. The summed E-state index contributed by atoms with van der Waals surface area (Å²) in [6, 6.07) is 6.82. The Morgan fingerprint density at radius 2 is 2.15 bits per heavy atom. The Bertz CT molecular complexity index is 637. The molecule has 0 spiro atoms. The van der Waals surface area contributed by atoms with E-state index in [1.54, 1.807) is 24.3 Å². The van der Waals surface area contributed by atoms with Gasteiger partial charge in [0.15, 0.2) is 0 Å². The second-order valence-corrected chi connectivity index (χ2v) is 5.31. The van der Waals surface area contributed by atoms with Crippen molar-refractivity contribution >= 4 is 35.4 Å². The lowest BCUT2D eigenvalue weighted by atomic mass is 10.2. The minimum Gasteiger partial charge on any atom is -0.544 e. The Morgan fingerprint density at radius 3 is 2.70 bits per heavy atom. The molecular formula is C13H11ClN3O2S-. The van der Waals surface area contributed by atoms with Gasteiger partial charge in [-0.05, 0) is 35.5 Å². The van der Waals surface area contributed by atoms with Crippen LogP contribution in [0.5, 0.6) is 0 Å². The van der Waals surface area contributed by atoms with Gasteiger partial charge in [-0.2, -0.15) is 0 Å². The van der Waals surface area contributed by atoms with Gasteiger partial charge in [-0.3, -0.25) is 5.10 Å². The third-order valence-electron chi connectivity index (χ3n) is 2.42.